The average Bonchev–Trinajstić information content (AvgIpc) is 2.85. The Labute approximate surface area is 131 Å². The lowest BCUT2D eigenvalue weighted by atomic mass is 10.0. The number of amides is 1. The summed E-state index contributed by atoms with van der Waals surface area (Å²) in [5, 5.41) is 10.4. The highest BCUT2D eigenvalue weighted by Gasteiger charge is 2.33. The van der Waals surface area contributed by atoms with Crippen molar-refractivity contribution in [2.75, 3.05) is 19.3 Å². The van der Waals surface area contributed by atoms with Crippen LogP contribution < -0.4 is 0 Å². The highest BCUT2D eigenvalue weighted by atomic mass is 32.2. The molecule has 3 nitrogen and oxygen atoms in total. The average molecular weight is 307 g/mol. The first kappa shape index (κ1) is 16.4. The molecular formula is C17H25NO2S. The number of hydrogen-bond donors (Lipinski definition) is 1. The molecule has 0 spiro atoms. The first-order valence-corrected chi connectivity index (χ1v) is 8.55. The Hall–Kier alpha value is -1.00. The van der Waals surface area contributed by atoms with E-state index in [9.17, 15) is 9.90 Å². The van der Waals surface area contributed by atoms with Crippen molar-refractivity contribution in [2.24, 2.45) is 0 Å². The van der Waals surface area contributed by atoms with Crippen LogP contribution in [0.5, 0.6) is 0 Å². The zero-order chi connectivity index (χ0) is 15.5. The Morgan fingerprint density at radius 3 is 2.67 bits per heavy atom. The van der Waals surface area contributed by atoms with Gasteiger partial charge in [-0.15, -0.1) is 11.8 Å². The normalized spacial score (nSPS) is 17.0. The summed E-state index contributed by atoms with van der Waals surface area (Å²) < 4.78 is 0. The minimum absolute atomic E-state index is 0.0845. The van der Waals surface area contributed by atoms with Gasteiger partial charge in [0.05, 0.1) is 11.4 Å². The van der Waals surface area contributed by atoms with Gasteiger partial charge in [-0.3, -0.25) is 4.79 Å². The molecule has 1 aliphatic carbocycles. The van der Waals surface area contributed by atoms with Gasteiger partial charge in [0.2, 0.25) is 5.91 Å². The van der Waals surface area contributed by atoms with Gasteiger partial charge in [-0.05, 0) is 38.3 Å². The quantitative estimate of drug-likeness (QED) is 0.850. The lowest BCUT2D eigenvalue weighted by Crippen LogP contribution is -2.42. The second kappa shape index (κ2) is 6.84. The Kier molecular flexibility index (Phi) is 5.33. The van der Waals surface area contributed by atoms with Gasteiger partial charge in [-0.1, -0.05) is 30.5 Å². The molecular weight excluding hydrogens is 282 g/mol. The van der Waals surface area contributed by atoms with E-state index in [-0.39, 0.29) is 5.91 Å². The van der Waals surface area contributed by atoms with Crippen molar-refractivity contribution in [1.29, 1.82) is 0 Å². The molecule has 0 aromatic heterocycles. The van der Waals surface area contributed by atoms with Gasteiger partial charge in [-0.25, -0.2) is 0 Å². The van der Waals surface area contributed by atoms with Gasteiger partial charge in [0.1, 0.15) is 0 Å². The highest BCUT2D eigenvalue weighted by molar-refractivity contribution is 8.00. The van der Waals surface area contributed by atoms with Crippen molar-refractivity contribution in [1.82, 2.24) is 4.90 Å². The number of aryl methyl sites for hydroxylation is 2. The lowest BCUT2D eigenvalue weighted by Gasteiger charge is -2.28. The number of benzene rings is 1. The Morgan fingerprint density at radius 2 is 2.00 bits per heavy atom. The van der Waals surface area contributed by atoms with E-state index in [1.165, 1.54) is 11.1 Å². The standard InChI is InChI=1S/C17H25NO2S/c1-13-6-7-14(2)15(10-13)21-11-16(19)18(3)12-17(20)8-4-5-9-17/h6-7,10,20H,4-5,8-9,11-12H2,1-3H3. The van der Waals surface area contributed by atoms with Gasteiger partial charge in [0.25, 0.3) is 0 Å². The molecule has 21 heavy (non-hydrogen) atoms. The summed E-state index contributed by atoms with van der Waals surface area (Å²) in [4.78, 5) is 15.1. The third kappa shape index (κ3) is 4.48. The van der Waals surface area contributed by atoms with Crippen LogP contribution in [0.3, 0.4) is 0 Å². The summed E-state index contributed by atoms with van der Waals surface area (Å²) in [5.74, 6) is 0.512. The Balaban J connectivity index is 1.87. The molecule has 0 radical (unpaired) electrons. The number of rotatable bonds is 5. The van der Waals surface area contributed by atoms with E-state index in [0.29, 0.717) is 12.3 Å². The van der Waals surface area contributed by atoms with Crippen molar-refractivity contribution in [2.45, 2.75) is 50.0 Å². The third-order valence-electron chi connectivity index (χ3n) is 4.19. The molecule has 0 aliphatic heterocycles. The van der Waals surface area contributed by atoms with E-state index in [1.807, 2.05) is 0 Å². The first-order valence-electron chi connectivity index (χ1n) is 7.56. The maximum absolute atomic E-state index is 12.2. The fourth-order valence-corrected chi connectivity index (χ4v) is 3.90. The summed E-state index contributed by atoms with van der Waals surface area (Å²) in [6, 6.07) is 6.30. The van der Waals surface area contributed by atoms with Crippen LogP contribution >= 0.6 is 11.8 Å². The first-order chi connectivity index (χ1) is 9.89. The molecule has 0 heterocycles. The molecule has 1 aromatic rings. The maximum Gasteiger partial charge on any atom is 0.232 e. The number of aliphatic hydroxyl groups is 1. The van der Waals surface area contributed by atoms with Crippen LogP contribution in [0.25, 0.3) is 0 Å². The summed E-state index contributed by atoms with van der Waals surface area (Å²) in [6.45, 7) is 4.59. The van der Waals surface area contributed by atoms with Crippen molar-refractivity contribution in [3.63, 3.8) is 0 Å². The molecule has 116 valence electrons. The van der Waals surface area contributed by atoms with Crippen molar-refractivity contribution in [3.05, 3.63) is 29.3 Å². The fourth-order valence-electron chi connectivity index (χ4n) is 2.83. The minimum Gasteiger partial charge on any atom is -0.388 e. The van der Waals surface area contributed by atoms with E-state index in [1.54, 1.807) is 23.7 Å². The summed E-state index contributed by atoms with van der Waals surface area (Å²) in [7, 11) is 1.79. The molecule has 4 heteroatoms. The molecule has 1 aromatic carbocycles. The van der Waals surface area contributed by atoms with Crippen molar-refractivity contribution in [3.8, 4) is 0 Å². The van der Waals surface area contributed by atoms with Gasteiger partial charge in [0.15, 0.2) is 0 Å². The monoisotopic (exact) mass is 307 g/mol. The SMILES string of the molecule is Cc1ccc(C)c(SCC(=O)N(C)CC2(O)CCCC2)c1. The molecule has 0 bridgehead atoms. The number of hydrogen-bond acceptors (Lipinski definition) is 3. The molecule has 1 amide bonds. The van der Waals surface area contributed by atoms with Gasteiger partial charge in [-0.2, -0.15) is 0 Å². The summed E-state index contributed by atoms with van der Waals surface area (Å²) in [5.41, 5.74) is 1.76. The number of carbonyl (C=O) groups is 1. The van der Waals surface area contributed by atoms with Crippen LogP contribution in [-0.4, -0.2) is 40.9 Å². The Morgan fingerprint density at radius 1 is 1.33 bits per heavy atom. The number of thioether (sulfide) groups is 1. The van der Waals surface area contributed by atoms with E-state index in [2.05, 4.69) is 32.0 Å². The van der Waals surface area contributed by atoms with Crippen LogP contribution in [0, 0.1) is 13.8 Å². The van der Waals surface area contributed by atoms with E-state index in [0.717, 1.165) is 30.6 Å². The molecule has 1 fully saturated rings. The zero-order valence-corrected chi connectivity index (χ0v) is 14.0. The van der Waals surface area contributed by atoms with E-state index >= 15 is 0 Å². The molecule has 1 saturated carbocycles. The lowest BCUT2D eigenvalue weighted by molar-refractivity contribution is -0.130. The van der Waals surface area contributed by atoms with Crippen molar-refractivity contribution < 1.29 is 9.90 Å². The number of nitrogens with zero attached hydrogens (tertiary/aromatic N) is 1. The molecule has 1 N–H and O–H groups in total. The molecule has 1 aliphatic rings. The van der Waals surface area contributed by atoms with Crippen LogP contribution in [0.4, 0.5) is 0 Å². The second-order valence-electron chi connectivity index (χ2n) is 6.24. The van der Waals surface area contributed by atoms with Crippen LogP contribution in [0.15, 0.2) is 23.1 Å². The van der Waals surface area contributed by atoms with Crippen molar-refractivity contribution >= 4 is 17.7 Å². The topological polar surface area (TPSA) is 40.5 Å². The molecule has 0 unspecified atom stereocenters. The van der Waals surface area contributed by atoms with Gasteiger partial charge in [0, 0.05) is 18.5 Å². The molecule has 0 atom stereocenters. The Bertz CT molecular complexity index is 510. The predicted octanol–water partition coefficient (Wildman–Crippen LogP) is 3.16. The summed E-state index contributed by atoms with van der Waals surface area (Å²) in [6.07, 6.45) is 3.76. The molecule has 0 saturated heterocycles. The highest BCUT2D eigenvalue weighted by Crippen LogP contribution is 2.30. The maximum atomic E-state index is 12.2. The van der Waals surface area contributed by atoms with Gasteiger partial charge >= 0.3 is 0 Å². The summed E-state index contributed by atoms with van der Waals surface area (Å²) >= 11 is 1.58. The minimum atomic E-state index is -0.658. The van der Waals surface area contributed by atoms with Crippen LogP contribution in [0.1, 0.15) is 36.8 Å². The third-order valence-corrected chi connectivity index (χ3v) is 5.33. The zero-order valence-electron chi connectivity index (χ0n) is 13.2. The second-order valence-corrected chi connectivity index (χ2v) is 7.26. The molecule has 2 rings (SSSR count). The largest absolute Gasteiger partial charge is 0.388 e. The predicted molar refractivity (Wildman–Crippen MR) is 87.7 cm³/mol. The van der Waals surface area contributed by atoms with Crippen LogP contribution in [-0.2, 0) is 4.79 Å². The van der Waals surface area contributed by atoms with E-state index in [4.69, 9.17) is 0 Å². The van der Waals surface area contributed by atoms with Crippen LogP contribution in [0.2, 0.25) is 0 Å². The smallest absolute Gasteiger partial charge is 0.232 e. The van der Waals surface area contributed by atoms with E-state index < -0.39 is 5.60 Å². The number of carbonyl (C=O) groups excluding carboxylic acids is 1. The number of likely N-dealkylation sites (N-methyl/N-ethyl adjacent to an activating group) is 1. The van der Waals surface area contributed by atoms with Gasteiger partial charge < -0.3 is 10.0 Å². The fraction of sp³-hybridized carbons (Fsp3) is 0.588.